The van der Waals surface area contributed by atoms with Gasteiger partial charge in [0.1, 0.15) is 5.57 Å². The fraction of sp³-hybridized carbons (Fsp3) is 0.0333. The Balaban J connectivity index is 1.99. The van der Waals surface area contributed by atoms with Crippen molar-refractivity contribution in [3.8, 4) is 0 Å². The van der Waals surface area contributed by atoms with Crippen molar-refractivity contribution in [3.63, 3.8) is 0 Å². The molecule has 7 nitrogen and oxygen atoms in total. The maximum absolute atomic E-state index is 13.9. The van der Waals surface area contributed by atoms with E-state index in [0.29, 0.717) is 5.56 Å². The highest BCUT2D eigenvalue weighted by molar-refractivity contribution is 7.97. The van der Waals surface area contributed by atoms with Crippen molar-refractivity contribution in [1.82, 2.24) is 0 Å². The molecule has 0 N–H and O–H groups in total. The van der Waals surface area contributed by atoms with E-state index in [1.165, 1.54) is 31.4 Å². The number of nitro groups is 1. The molecule has 0 amide bonds. The number of non-ortho nitro benzene ring substituents is 1. The summed E-state index contributed by atoms with van der Waals surface area (Å²) in [4.78, 5) is 38.1. The van der Waals surface area contributed by atoms with E-state index in [4.69, 9.17) is 9.47 Å². The largest absolute Gasteiger partial charge is 0.465 e. The predicted molar refractivity (Wildman–Crippen MR) is 148 cm³/mol. The van der Waals surface area contributed by atoms with Crippen LogP contribution in [0.15, 0.2) is 121 Å². The third kappa shape index (κ3) is 4.13. The summed E-state index contributed by atoms with van der Waals surface area (Å²) in [6.45, 7) is -2.99. The smallest absolute Gasteiger partial charge is 0.345 e. The molecule has 38 heavy (non-hydrogen) atoms. The minimum absolute atomic E-state index is 0.0104. The van der Waals surface area contributed by atoms with E-state index >= 15 is 0 Å². The van der Waals surface area contributed by atoms with Gasteiger partial charge in [-0.05, 0) is 34.9 Å². The first-order valence-electron chi connectivity index (χ1n) is 11.7. The zero-order chi connectivity index (χ0) is 26.7. The Bertz CT molecular complexity index is 1510. The number of rotatable bonds is 6. The quantitative estimate of drug-likeness (QED) is 0.163. The van der Waals surface area contributed by atoms with E-state index in [2.05, 4.69) is 0 Å². The van der Waals surface area contributed by atoms with Gasteiger partial charge in [0, 0.05) is 17.7 Å². The molecule has 0 radical (unpaired) electrons. The van der Waals surface area contributed by atoms with E-state index < -0.39 is 23.7 Å². The Morgan fingerprint density at radius 2 is 1.21 bits per heavy atom. The number of nitro benzene ring substituents is 1. The van der Waals surface area contributed by atoms with Crippen molar-refractivity contribution < 1.29 is 24.0 Å². The number of carbonyl (C=O) groups is 2. The van der Waals surface area contributed by atoms with Gasteiger partial charge in [-0.2, -0.15) is 0 Å². The molecule has 8 heteroatoms. The van der Waals surface area contributed by atoms with Crippen molar-refractivity contribution >= 4 is 51.5 Å². The topological polar surface area (TPSA) is 95.7 Å². The van der Waals surface area contributed by atoms with Gasteiger partial charge in [-0.15, -0.1) is 0 Å². The van der Waals surface area contributed by atoms with E-state index in [1.807, 2.05) is 91.0 Å². The number of methoxy groups -OCH3 is 1. The Morgan fingerprint density at radius 3 is 1.61 bits per heavy atom. The van der Waals surface area contributed by atoms with Gasteiger partial charge in [0.05, 0.1) is 17.3 Å². The number of esters is 2. The lowest BCUT2D eigenvalue weighted by Crippen LogP contribution is -2.34. The summed E-state index contributed by atoms with van der Waals surface area (Å²) >= 11 is 0. The molecule has 0 spiro atoms. The predicted octanol–water partition coefficient (Wildman–Crippen LogP) is 4.20. The standard InChI is InChI=1S/C30H22NO6P/c1-36-29(32)26-27(21-17-19-22(20-18-21)31(34)35)37-30(33)28(26)38(23-11-5-2-6-12-23,24-13-7-3-8-14-24)25-15-9-4-10-16-25/h2-20H,1H3. The number of nitrogens with zero attached hydrogens (tertiary/aromatic N) is 1. The van der Waals surface area contributed by atoms with Crippen LogP contribution in [0.25, 0.3) is 5.76 Å². The minimum atomic E-state index is -2.99. The molecule has 4 aromatic carbocycles. The van der Waals surface area contributed by atoms with E-state index in [0.717, 1.165) is 15.9 Å². The van der Waals surface area contributed by atoms with E-state index in [9.17, 15) is 19.7 Å². The Labute approximate surface area is 219 Å². The van der Waals surface area contributed by atoms with Gasteiger partial charge in [0.2, 0.25) is 0 Å². The summed E-state index contributed by atoms with van der Waals surface area (Å²) in [7, 11) is 1.25. The van der Waals surface area contributed by atoms with Gasteiger partial charge in [-0.1, -0.05) is 91.0 Å². The van der Waals surface area contributed by atoms with Gasteiger partial charge in [-0.3, -0.25) is 10.1 Å². The second-order valence-electron chi connectivity index (χ2n) is 8.42. The minimum Gasteiger partial charge on any atom is -0.465 e. The zero-order valence-corrected chi connectivity index (χ0v) is 21.2. The lowest BCUT2D eigenvalue weighted by molar-refractivity contribution is -0.384. The molecule has 188 valence electrons. The van der Waals surface area contributed by atoms with Crippen LogP contribution in [-0.4, -0.2) is 29.3 Å². The highest BCUT2D eigenvalue weighted by Gasteiger charge is 2.44. The average molecular weight is 523 g/mol. The van der Waals surface area contributed by atoms with E-state index in [-0.39, 0.29) is 22.3 Å². The van der Waals surface area contributed by atoms with Gasteiger partial charge in [0.15, 0.2) is 5.76 Å². The maximum Gasteiger partial charge on any atom is 0.345 e. The Morgan fingerprint density at radius 1 is 0.763 bits per heavy atom. The first kappa shape index (κ1) is 24.9. The molecule has 5 rings (SSSR count). The fourth-order valence-electron chi connectivity index (χ4n) is 4.72. The molecule has 0 aromatic heterocycles. The first-order valence-corrected chi connectivity index (χ1v) is 13.5. The number of hydrogen-bond donors (Lipinski definition) is 0. The highest BCUT2D eigenvalue weighted by atomic mass is 31.2. The molecule has 0 saturated carbocycles. The number of benzene rings is 4. The van der Waals surface area contributed by atoms with Gasteiger partial charge >= 0.3 is 11.9 Å². The molecule has 0 bridgehead atoms. The van der Waals surface area contributed by atoms with Crippen LogP contribution >= 0.6 is 6.89 Å². The van der Waals surface area contributed by atoms with Gasteiger partial charge < -0.3 is 9.47 Å². The average Bonchev–Trinajstić information content (AvgIpc) is 3.32. The second kappa shape index (κ2) is 10.3. The van der Waals surface area contributed by atoms with Gasteiger partial charge in [0.25, 0.3) is 5.69 Å². The monoisotopic (exact) mass is 523 g/mol. The molecule has 0 unspecified atom stereocenters. The molecule has 0 atom stereocenters. The molecule has 0 aliphatic carbocycles. The van der Waals surface area contributed by atoms with Crippen LogP contribution in [0.1, 0.15) is 5.56 Å². The summed E-state index contributed by atoms with van der Waals surface area (Å²) in [5.41, 5.74) is 0.241. The molecular weight excluding hydrogens is 501 g/mol. The van der Waals surface area contributed by atoms with Gasteiger partial charge in [-0.25, -0.2) is 9.59 Å². The lowest BCUT2D eigenvalue weighted by atomic mass is 10.1. The SMILES string of the molecule is COC(=O)C1=C(c2ccc([N+](=O)[O-])cc2)OC(=O)C1=P(c1ccccc1)(c1ccccc1)c1ccccc1. The summed E-state index contributed by atoms with van der Waals surface area (Å²) in [5.74, 6) is -1.38. The summed E-state index contributed by atoms with van der Waals surface area (Å²) in [5, 5.41) is 14.0. The maximum atomic E-state index is 13.9. The normalized spacial score (nSPS) is 13.3. The Hall–Kier alpha value is -4.74. The lowest BCUT2D eigenvalue weighted by Gasteiger charge is -2.30. The van der Waals surface area contributed by atoms with E-state index in [1.54, 1.807) is 0 Å². The summed E-state index contributed by atoms with van der Waals surface area (Å²) in [6, 6.07) is 34.3. The van der Waals surface area contributed by atoms with Crippen LogP contribution in [0.5, 0.6) is 0 Å². The second-order valence-corrected chi connectivity index (χ2v) is 11.8. The van der Waals surface area contributed by atoms with Crippen molar-refractivity contribution in [2.45, 2.75) is 0 Å². The van der Waals surface area contributed by atoms with Crippen molar-refractivity contribution in [2.24, 2.45) is 0 Å². The molecule has 1 aliphatic heterocycles. The summed E-state index contributed by atoms with van der Waals surface area (Å²) in [6.07, 6.45) is 0. The molecule has 0 saturated heterocycles. The molecule has 1 heterocycles. The number of carbonyl (C=O) groups excluding carboxylic acids is 2. The molecular formula is C30H22NO6P. The van der Waals surface area contributed by atoms with Crippen LogP contribution in [0, 0.1) is 10.1 Å². The molecule has 0 fully saturated rings. The number of cyclic esters (lactones) is 1. The number of hydrogen-bond acceptors (Lipinski definition) is 6. The van der Waals surface area contributed by atoms with Crippen molar-refractivity contribution in [2.75, 3.05) is 7.11 Å². The third-order valence-corrected chi connectivity index (χ3v) is 10.6. The highest BCUT2D eigenvalue weighted by Crippen LogP contribution is 2.50. The molecule has 1 aliphatic rings. The number of ether oxygens (including phenoxy) is 2. The first-order chi connectivity index (χ1) is 18.5. The van der Waals surface area contributed by atoms with Crippen LogP contribution in [-0.2, 0) is 19.1 Å². The Kier molecular flexibility index (Phi) is 6.77. The van der Waals surface area contributed by atoms with Crippen LogP contribution < -0.4 is 15.9 Å². The zero-order valence-electron chi connectivity index (χ0n) is 20.3. The summed E-state index contributed by atoms with van der Waals surface area (Å²) < 4.78 is 11.0. The van der Waals surface area contributed by atoms with Crippen LogP contribution in [0.2, 0.25) is 0 Å². The fourth-order valence-corrected chi connectivity index (χ4v) is 9.10. The van der Waals surface area contributed by atoms with Crippen molar-refractivity contribution in [3.05, 3.63) is 137 Å². The third-order valence-electron chi connectivity index (χ3n) is 6.35. The van der Waals surface area contributed by atoms with Crippen LogP contribution in [0.3, 0.4) is 0 Å². The molecule has 4 aromatic rings. The van der Waals surface area contributed by atoms with Crippen molar-refractivity contribution in [1.29, 1.82) is 0 Å². The van der Waals surface area contributed by atoms with Crippen LogP contribution in [0.4, 0.5) is 5.69 Å².